The molecule has 4 rings (SSSR count). The van der Waals surface area contributed by atoms with Gasteiger partial charge in [-0.05, 0) is 75.3 Å². The van der Waals surface area contributed by atoms with Crippen LogP contribution in [0, 0.1) is 18.8 Å². The molecule has 2 aliphatic heterocycles. The van der Waals surface area contributed by atoms with Gasteiger partial charge in [0.15, 0.2) is 0 Å². The van der Waals surface area contributed by atoms with Crippen molar-refractivity contribution in [2.24, 2.45) is 11.8 Å². The van der Waals surface area contributed by atoms with Crippen molar-refractivity contribution in [3.05, 3.63) is 59.7 Å². The van der Waals surface area contributed by atoms with Crippen molar-refractivity contribution in [2.45, 2.75) is 57.4 Å². The van der Waals surface area contributed by atoms with Gasteiger partial charge in [-0.25, -0.2) is 8.42 Å². The van der Waals surface area contributed by atoms with Crippen molar-refractivity contribution in [3.8, 4) is 0 Å². The Kier molecular flexibility index (Phi) is 7.63. The second-order valence-electron chi connectivity index (χ2n) is 10.0. The van der Waals surface area contributed by atoms with Gasteiger partial charge in [-0.1, -0.05) is 36.8 Å². The molecule has 2 fully saturated rings. The summed E-state index contributed by atoms with van der Waals surface area (Å²) in [4.78, 5) is 15.8. The largest absolute Gasteiger partial charge is 0.371 e. The van der Waals surface area contributed by atoms with Crippen LogP contribution < -0.4 is 10.2 Å². The molecule has 0 saturated carbocycles. The smallest absolute Gasteiger partial charge is 0.243 e. The lowest BCUT2D eigenvalue weighted by atomic mass is 9.97. The number of nitrogens with one attached hydrogen (secondary N) is 1. The number of amides is 1. The molecule has 3 atom stereocenters. The Labute approximate surface area is 204 Å². The van der Waals surface area contributed by atoms with E-state index in [9.17, 15) is 13.2 Å². The molecular formula is C27H37N3O3S. The Balaban J connectivity index is 1.36. The highest BCUT2D eigenvalue weighted by Gasteiger charge is 2.33. The first kappa shape index (κ1) is 24.7. The summed E-state index contributed by atoms with van der Waals surface area (Å²) in [6.07, 6.45) is 3.90. The molecule has 7 heteroatoms. The van der Waals surface area contributed by atoms with E-state index >= 15 is 0 Å². The van der Waals surface area contributed by atoms with Crippen LogP contribution in [0.5, 0.6) is 0 Å². The number of carbonyl (C=O) groups excluding carboxylic acids is 1. The van der Waals surface area contributed by atoms with E-state index in [4.69, 9.17) is 0 Å². The van der Waals surface area contributed by atoms with Crippen LogP contribution in [0.2, 0.25) is 0 Å². The average Bonchev–Trinajstić information content (AvgIpc) is 2.84. The van der Waals surface area contributed by atoms with Gasteiger partial charge in [0.25, 0.3) is 0 Å². The maximum Gasteiger partial charge on any atom is 0.243 e. The number of aryl methyl sites for hydroxylation is 1. The number of piperidine rings is 2. The minimum atomic E-state index is -3.60. The summed E-state index contributed by atoms with van der Waals surface area (Å²) in [5.41, 5.74) is 3.31. The molecule has 2 aromatic rings. The zero-order valence-electron chi connectivity index (χ0n) is 20.5. The average molecular weight is 484 g/mol. The van der Waals surface area contributed by atoms with Crippen LogP contribution in [0.3, 0.4) is 0 Å². The molecule has 34 heavy (non-hydrogen) atoms. The van der Waals surface area contributed by atoms with Gasteiger partial charge < -0.3 is 10.2 Å². The van der Waals surface area contributed by atoms with Gasteiger partial charge >= 0.3 is 0 Å². The fourth-order valence-electron chi connectivity index (χ4n) is 5.05. The second-order valence-corrected chi connectivity index (χ2v) is 12.0. The highest BCUT2D eigenvalue weighted by atomic mass is 32.2. The Morgan fingerprint density at radius 2 is 1.65 bits per heavy atom. The quantitative estimate of drug-likeness (QED) is 0.656. The van der Waals surface area contributed by atoms with Crippen LogP contribution in [0.1, 0.15) is 56.7 Å². The van der Waals surface area contributed by atoms with Crippen molar-refractivity contribution < 1.29 is 13.2 Å². The Morgan fingerprint density at radius 1 is 0.971 bits per heavy atom. The van der Waals surface area contributed by atoms with Crippen molar-refractivity contribution in [3.63, 3.8) is 0 Å². The predicted molar refractivity (Wildman–Crippen MR) is 136 cm³/mol. The minimum Gasteiger partial charge on any atom is -0.371 e. The Bertz CT molecular complexity index is 1080. The normalized spacial score (nSPS) is 22.9. The highest BCUT2D eigenvalue weighted by molar-refractivity contribution is 7.89. The van der Waals surface area contributed by atoms with Crippen LogP contribution in [0.25, 0.3) is 0 Å². The molecule has 0 radical (unpaired) electrons. The number of rotatable bonds is 6. The molecule has 184 valence electrons. The van der Waals surface area contributed by atoms with E-state index in [1.54, 1.807) is 24.3 Å². The fourth-order valence-corrected chi connectivity index (χ4v) is 6.57. The molecule has 1 N–H and O–H groups in total. The molecule has 2 saturated heterocycles. The van der Waals surface area contributed by atoms with E-state index < -0.39 is 10.0 Å². The van der Waals surface area contributed by atoms with E-state index in [0.717, 1.165) is 30.1 Å². The number of hydrogen-bond acceptors (Lipinski definition) is 4. The summed E-state index contributed by atoms with van der Waals surface area (Å²) < 4.78 is 27.6. The van der Waals surface area contributed by atoms with Crippen LogP contribution in [-0.4, -0.2) is 44.8 Å². The molecule has 6 nitrogen and oxygen atoms in total. The molecule has 2 aromatic carbocycles. The zero-order chi connectivity index (χ0) is 24.3. The second kappa shape index (κ2) is 10.5. The standard InChI is InChI=1S/C27H37N3O3S/c1-20-8-14-26(15-9-20)34(32,33)30-17-5-7-24(19-30)27(31)28-22(3)23-10-12-25(13-11-23)29-16-4-6-21(2)18-29/h8-15,21-22,24H,4-7,16-19H2,1-3H3,(H,28,31)/t21-,22+,24-/m1/s1. The van der Waals surface area contributed by atoms with Crippen molar-refractivity contribution in [2.75, 3.05) is 31.1 Å². The predicted octanol–water partition coefficient (Wildman–Crippen LogP) is 4.51. The summed E-state index contributed by atoms with van der Waals surface area (Å²) in [6.45, 7) is 9.08. The van der Waals surface area contributed by atoms with Gasteiger partial charge in [0, 0.05) is 31.9 Å². The number of hydrogen-bond donors (Lipinski definition) is 1. The van der Waals surface area contributed by atoms with Crippen molar-refractivity contribution in [1.29, 1.82) is 0 Å². The zero-order valence-corrected chi connectivity index (χ0v) is 21.4. The van der Waals surface area contributed by atoms with Gasteiger partial charge in [0.05, 0.1) is 16.9 Å². The van der Waals surface area contributed by atoms with Gasteiger partial charge in [0.1, 0.15) is 0 Å². The third kappa shape index (κ3) is 5.63. The van der Waals surface area contributed by atoms with Gasteiger partial charge in [-0.15, -0.1) is 0 Å². The number of sulfonamides is 1. The molecule has 1 amide bonds. The fraction of sp³-hybridized carbons (Fsp3) is 0.519. The molecular weight excluding hydrogens is 446 g/mol. The van der Waals surface area contributed by atoms with Crippen LogP contribution in [-0.2, 0) is 14.8 Å². The van der Waals surface area contributed by atoms with E-state index in [1.807, 2.05) is 13.8 Å². The summed E-state index contributed by atoms with van der Waals surface area (Å²) in [5.74, 6) is 0.298. The van der Waals surface area contributed by atoms with Crippen molar-refractivity contribution >= 4 is 21.6 Å². The minimum absolute atomic E-state index is 0.0785. The van der Waals surface area contributed by atoms with Gasteiger partial charge in [0.2, 0.25) is 15.9 Å². The van der Waals surface area contributed by atoms with E-state index in [1.165, 1.54) is 22.8 Å². The number of nitrogens with zero attached hydrogens (tertiary/aromatic N) is 2. The Morgan fingerprint density at radius 3 is 2.32 bits per heavy atom. The topological polar surface area (TPSA) is 69.7 Å². The molecule has 0 bridgehead atoms. The first-order chi connectivity index (χ1) is 16.2. The number of anilines is 1. The lowest BCUT2D eigenvalue weighted by molar-refractivity contribution is -0.126. The summed E-state index contributed by atoms with van der Waals surface area (Å²) >= 11 is 0. The van der Waals surface area contributed by atoms with Crippen molar-refractivity contribution in [1.82, 2.24) is 9.62 Å². The van der Waals surface area contributed by atoms with E-state index in [2.05, 4.69) is 41.4 Å². The molecule has 0 aliphatic carbocycles. The maximum atomic E-state index is 13.1. The number of carbonyl (C=O) groups is 1. The molecule has 0 aromatic heterocycles. The summed E-state index contributed by atoms with van der Waals surface area (Å²) in [5, 5.41) is 3.12. The van der Waals surface area contributed by atoms with Gasteiger partial charge in [-0.3, -0.25) is 4.79 Å². The van der Waals surface area contributed by atoms with Crippen LogP contribution in [0.15, 0.2) is 53.4 Å². The summed E-state index contributed by atoms with van der Waals surface area (Å²) in [6, 6.07) is 15.2. The monoisotopic (exact) mass is 483 g/mol. The molecule has 0 spiro atoms. The number of benzene rings is 2. The molecule has 2 aliphatic rings. The lowest BCUT2D eigenvalue weighted by Gasteiger charge is -2.33. The maximum absolute atomic E-state index is 13.1. The van der Waals surface area contributed by atoms with E-state index in [0.29, 0.717) is 19.4 Å². The SMILES string of the molecule is Cc1ccc(S(=O)(=O)N2CCC[C@@H](C(=O)N[C@@H](C)c3ccc(N4CCC[C@@H](C)C4)cc3)C2)cc1. The van der Waals surface area contributed by atoms with Crippen LogP contribution in [0.4, 0.5) is 5.69 Å². The lowest BCUT2D eigenvalue weighted by Crippen LogP contribution is -2.45. The van der Waals surface area contributed by atoms with Crippen LogP contribution >= 0.6 is 0 Å². The first-order valence-corrected chi connectivity index (χ1v) is 13.9. The first-order valence-electron chi connectivity index (χ1n) is 12.5. The summed E-state index contributed by atoms with van der Waals surface area (Å²) in [7, 11) is -3.60. The highest BCUT2D eigenvalue weighted by Crippen LogP contribution is 2.27. The molecule has 2 heterocycles. The third-order valence-corrected chi connectivity index (χ3v) is 9.07. The third-order valence-electron chi connectivity index (χ3n) is 7.19. The van der Waals surface area contributed by atoms with E-state index in [-0.39, 0.29) is 29.3 Å². The molecule has 0 unspecified atom stereocenters. The Hall–Kier alpha value is -2.38. The van der Waals surface area contributed by atoms with Gasteiger partial charge in [-0.2, -0.15) is 4.31 Å².